The van der Waals surface area contributed by atoms with Crippen LogP contribution in [0.2, 0.25) is 0 Å². The molecule has 1 aliphatic carbocycles. The van der Waals surface area contributed by atoms with Crippen LogP contribution in [0.4, 0.5) is 4.79 Å². The average Bonchev–Trinajstić information content (AvgIpc) is 2.94. The zero-order valence-corrected chi connectivity index (χ0v) is 15.7. The molecule has 1 spiro atoms. The lowest BCUT2D eigenvalue weighted by Crippen LogP contribution is -2.63. The van der Waals surface area contributed by atoms with E-state index in [4.69, 9.17) is 4.74 Å². The first kappa shape index (κ1) is 17.4. The van der Waals surface area contributed by atoms with E-state index in [1.54, 1.807) is 0 Å². The van der Waals surface area contributed by atoms with E-state index < -0.39 is 5.60 Å². The lowest BCUT2D eigenvalue weighted by molar-refractivity contribution is -0.0494. The van der Waals surface area contributed by atoms with Crippen molar-refractivity contribution in [3.63, 3.8) is 0 Å². The maximum Gasteiger partial charge on any atom is 0.410 e. The number of hydrogen-bond donors (Lipinski definition) is 1. The van der Waals surface area contributed by atoms with E-state index in [9.17, 15) is 4.79 Å². The molecule has 23 heavy (non-hydrogen) atoms. The van der Waals surface area contributed by atoms with Gasteiger partial charge in [-0.1, -0.05) is 0 Å². The van der Waals surface area contributed by atoms with Gasteiger partial charge < -0.3 is 15.0 Å². The number of nitrogens with zero attached hydrogens (tertiary/aromatic N) is 1. The van der Waals surface area contributed by atoms with Crippen LogP contribution in [0, 0.1) is 5.92 Å². The van der Waals surface area contributed by atoms with Gasteiger partial charge in [0, 0.05) is 18.1 Å². The van der Waals surface area contributed by atoms with Gasteiger partial charge in [0.15, 0.2) is 0 Å². The molecule has 1 amide bonds. The first-order valence-corrected chi connectivity index (χ1v) is 10.4. The monoisotopic (exact) mass is 340 g/mol. The van der Waals surface area contributed by atoms with Crippen LogP contribution in [-0.2, 0) is 4.74 Å². The number of piperidine rings is 1. The van der Waals surface area contributed by atoms with E-state index in [-0.39, 0.29) is 11.6 Å². The molecule has 1 N–H and O–H groups in total. The van der Waals surface area contributed by atoms with Crippen LogP contribution < -0.4 is 5.32 Å². The Labute approximate surface area is 145 Å². The summed E-state index contributed by atoms with van der Waals surface area (Å²) in [6.07, 6.45) is 6.94. The second kappa shape index (κ2) is 6.83. The molecular weight excluding hydrogens is 308 g/mol. The van der Waals surface area contributed by atoms with E-state index in [2.05, 4.69) is 17.1 Å². The molecule has 2 unspecified atom stereocenters. The molecule has 132 valence electrons. The number of carbonyl (C=O) groups excluding carboxylic acids is 1. The summed E-state index contributed by atoms with van der Waals surface area (Å²) in [5.74, 6) is 3.49. The molecule has 5 heteroatoms. The molecule has 4 nitrogen and oxygen atoms in total. The van der Waals surface area contributed by atoms with Crippen LogP contribution >= 0.6 is 11.8 Å². The van der Waals surface area contributed by atoms with Crippen molar-refractivity contribution in [3.8, 4) is 0 Å². The summed E-state index contributed by atoms with van der Waals surface area (Å²) in [6.45, 7) is 7.84. The largest absolute Gasteiger partial charge is 0.444 e. The molecule has 1 saturated carbocycles. The van der Waals surface area contributed by atoms with Crippen molar-refractivity contribution in [1.82, 2.24) is 10.2 Å². The lowest BCUT2D eigenvalue weighted by atomic mass is 9.69. The van der Waals surface area contributed by atoms with Crippen molar-refractivity contribution < 1.29 is 9.53 Å². The van der Waals surface area contributed by atoms with Gasteiger partial charge in [0.05, 0.1) is 0 Å². The molecule has 0 aromatic carbocycles. The fraction of sp³-hybridized carbons (Fsp3) is 0.944. The van der Waals surface area contributed by atoms with Crippen LogP contribution in [-0.4, -0.2) is 52.8 Å². The number of carbonyl (C=O) groups is 1. The zero-order chi connectivity index (χ0) is 16.5. The predicted molar refractivity (Wildman–Crippen MR) is 96.0 cm³/mol. The van der Waals surface area contributed by atoms with E-state index in [1.165, 1.54) is 24.3 Å². The highest BCUT2D eigenvalue weighted by molar-refractivity contribution is 7.99. The molecule has 2 atom stereocenters. The smallest absolute Gasteiger partial charge is 0.410 e. The van der Waals surface area contributed by atoms with Crippen molar-refractivity contribution in [2.75, 3.05) is 24.6 Å². The molecule has 3 aliphatic rings. The maximum atomic E-state index is 12.6. The molecule has 0 aromatic rings. The van der Waals surface area contributed by atoms with Crippen molar-refractivity contribution in [1.29, 1.82) is 0 Å². The van der Waals surface area contributed by atoms with Crippen LogP contribution in [0.3, 0.4) is 0 Å². The minimum Gasteiger partial charge on any atom is -0.444 e. The SMILES string of the molecule is CC(C)(C)OC(=O)N1CCC(NCC2CCSC2)CC12CCC2. The normalized spacial score (nSPS) is 30.3. The Hall–Kier alpha value is -0.420. The van der Waals surface area contributed by atoms with Gasteiger partial charge in [-0.25, -0.2) is 4.79 Å². The van der Waals surface area contributed by atoms with Gasteiger partial charge in [-0.15, -0.1) is 0 Å². The second-order valence-electron chi connectivity index (χ2n) is 8.54. The van der Waals surface area contributed by atoms with E-state index >= 15 is 0 Å². The number of nitrogens with one attached hydrogen (secondary N) is 1. The third-order valence-electron chi connectivity index (χ3n) is 5.52. The highest BCUT2D eigenvalue weighted by atomic mass is 32.2. The summed E-state index contributed by atoms with van der Waals surface area (Å²) in [4.78, 5) is 14.6. The third-order valence-corrected chi connectivity index (χ3v) is 6.75. The fourth-order valence-corrected chi connectivity index (χ4v) is 5.39. The summed E-state index contributed by atoms with van der Waals surface area (Å²) in [5.41, 5.74) is -0.333. The van der Waals surface area contributed by atoms with E-state index in [0.717, 1.165) is 44.7 Å². The topological polar surface area (TPSA) is 41.6 Å². The second-order valence-corrected chi connectivity index (χ2v) is 9.69. The molecule has 3 fully saturated rings. The molecule has 0 aromatic heterocycles. The summed E-state index contributed by atoms with van der Waals surface area (Å²) < 4.78 is 5.65. The summed E-state index contributed by atoms with van der Waals surface area (Å²) in [5, 5.41) is 3.80. The first-order chi connectivity index (χ1) is 10.9. The molecular formula is C18H32N2O2S. The molecule has 0 bridgehead atoms. The summed E-state index contributed by atoms with van der Waals surface area (Å²) >= 11 is 2.08. The Morgan fingerprint density at radius 2 is 2.13 bits per heavy atom. The van der Waals surface area contributed by atoms with Crippen LogP contribution in [0.5, 0.6) is 0 Å². The number of thioether (sulfide) groups is 1. The van der Waals surface area contributed by atoms with E-state index in [1.807, 2.05) is 25.7 Å². The lowest BCUT2D eigenvalue weighted by Gasteiger charge is -2.55. The molecule has 2 aliphatic heterocycles. The Bertz CT molecular complexity index is 425. The van der Waals surface area contributed by atoms with Crippen molar-refractivity contribution >= 4 is 17.9 Å². The van der Waals surface area contributed by atoms with Gasteiger partial charge in [0.2, 0.25) is 0 Å². The number of hydrogen-bond acceptors (Lipinski definition) is 4. The number of likely N-dealkylation sites (tertiary alicyclic amines) is 1. The number of amides is 1. The highest BCUT2D eigenvalue weighted by Crippen LogP contribution is 2.45. The molecule has 2 saturated heterocycles. The fourth-order valence-electron chi connectivity index (χ4n) is 4.11. The van der Waals surface area contributed by atoms with Gasteiger partial charge in [-0.3, -0.25) is 0 Å². The van der Waals surface area contributed by atoms with Crippen LogP contribution in [0.15, 0.2) is 0 Å². The van der Waals surface area contributed by atoms with Gasteiger partial charge in [-0.05, 0) is 83.3 Å². The van der Waals surface area contributed by atoms with Crippen LogP contribution in [0.25, 0.3) is 0 Å². The maximum absolute atomic E-state index is 12.6. The van der Waals surface area contributed by atoms with Gasteiger partial charge >= 0.3 is 6.09 Å². The molecule has 3 rings (SSSR count). The Balaban J connectivity index is 1.55. The quantitative estimate of drug-likeness (QED) is 0.851. The Morgan fingerprint density at radius 3 is 2.70 bits per heavy atom. The number of ether oxygens (including phenoxy) is 1. The van der Waals surface area contributed by atoms with Gasteiger partial charge in [0.25, 0.3) is 0 Å². The predicted octanol–water partition coefficient (Wildman–Crippen LogP) is 3.65. The summed E-state index contributed by atoms with van der Waals surface area (Å²) in [7, 11) is 0. The van der Waals surface area contributed by atoms with Gasteiger partial charge in [0.1, 0.15) is 5.60 Å². The molecule has 0 radical (unpaired) electrons. The van der Waals surface area contributed by atoms with Gasteiger partial charge in [-0.2, -0.15) is 11.8 Å². The van der Waals surface area contributed by atoms with Crippen molar-refractivity contribution in [2.45, 2.75) is 76.5 Å². The zero-order valence-electron chi connectivity index (χ0n) is 14.9. The highest BCUT2D eigenvalue weighted by Gasteiger charge is 2.49. The van der Waals surface area contributed by atoms with Crippen LogP contribution in [0.1, 0.15) is 59.3 Å². The van der Waals surface area contributed by atoms with E-state index in [0.29, 0.717) is 6.04 Å². The minimum atomic E-state index is -0.405. The standard InChI is InChI=1S/C18H32N2O2S/c1-17(2,3)22-16(21)20-9-5-15(11-18(20)7-4-8-18)19-12-14-6-10-23-13-14/h14-15,19H,4-13H2,1-3H3. The average molecular weight is 341 g/mol. The number of rotatable bonds is 3. The van der Waals surface area contributed by atoms with Crippen molar-refractivity contribution in [3.05, 3.63) is 0 Å². The minimum absolute atomic E-state index is 0.0721. The third kappa shape index (κ3) is 4.16. The summed E-state index contributed by atoms with van der Waals surface area (Å²) in [6, 6.07) is 0.569. The van der Waals surface area contributed by atoms with Crippen molar-refractivity contribution in [2.24, 2.45) is 5.92 Å². The Morgan fingerprint density at radius 1 is 1.35 bits per heavy atom. The Kier molecular flexibility index (Phi) is 5.17. The molecule has 2 heterocycles. The first-order valence-electron chi connectivity index (χ1n) is 9.20.